The third-order valence-electron chi connectivity index (χ3n) is 2.07. The summed E-state index contributed by atoms with van der Waals surface area (Å²) >= 11 is 1.23. The van der Waals surface area contributed by atoms with E-state index in [0.29, 0.717) is 24.0 Å². The van der Waals surface area contributed by atoms with Gasteiger partial charge in [-0.05, 0) is 19.1 Å². The van der Waals surface area contributed by atoms with Crippen LogP contribution in [0.3, 0.4) is 0 Å². The van der Waals surface area contributed by atoms with Gasteiger partial charge in [0.25, 0.3) is 5.19 Å². The SMILES string of the molecule is COCCc1nsc(Oc2ccc(C)nc2)n1. The van der Waals surface area contributed by atoms with E-state index in [-0.39, 0.29) is 0 Å². The first-order valence-corrected chi connectivity index (χ1v) is 5.97. The smallest absolute Gasteiger partial charge is 0.298 e. The molecule has 2 rings (SSSR count). The highest BCUT2D eigenvalue weighted by molar-refractivity contribution is 7.07. The van der Waals surface area contributed by atoms with Crippen molar-refractivity contribution >= 4 is 11.5 Å². The van der Waals surface area contributed by atoms with Gasteiger partial charge in [-0.3, -0.25) is 4.98 Å². The molecule has 0 spiro atoms. The van der Waals surface area contributed by atoms with Crippen LogP contribution in [0.4, 0.5) is 0 Å². The van der Waals surface area contributed by atoms with Crippen molar-refractivity contribution in [2.24, 2.45) is 0 Å². The monoisotopic (exact) mass is 251 g/mol. The lowest BCUT2D eigenvalue weighted by Crippen LogP contribution is -1.96. The fourth-order valence-electron chi connectivity index (χ4n) is 1.19. The normalized spacial score (nSPS) is 10.5. The van der Waals surface area contributed by atoms with Crippen molar-refractivity contribution < 1.29 is 9.47 Å². The third-order valence-corrected chi connectivity index (χ3v) is 2.70. The van der Waals surface area contributed by atoms with Crippen LogP contribution in [-0.2, 0) is 11.2 Å². The van der Waals surface area contributed by atoms with Crippen LogP contribution in [0.2, 0.25) is 0 Å². The van der Waals surface area contributed by atoms with E-state index >= 15 is 0 Å². The van der Waals surface area contributed by atoms with Crippen LogP contribution in [0.1, 0.15) is 11.5 Å². The van der Waals surface area contributed by atoms with E-state index in [0.717, 1.165) is 11.5 Å². The number of aryl methyl sites for hydroxylation is 1. The van der Waals surface area contributed by atoms with E-state index in [9.17, 15) is 0 Å². The molecule has 0 aliphatic rings. The zero-order valence-corrected chi connectivity index (χ0v) is 10.5. The standard InChI is InChI=1S/C11H13N3O2S/c1-8-3-4-9(7-12-8)16-11-13-10(14-17-11)5-6-15-2/h3-4,7H,5-6H2,1-2H3. The van der Waals surface area contributed by atoms with Crippen LogP contribution in [-0.4, -0.2) is 28.1 Å². The Kier molecular flexibility index (Phi) is 4.00. The molecule has 0 saturated carbocycles. The van der Waals surface area contributed by atoms with Crippen molar-refractivity contribution in [1.82, 2.24) is 14.3 Å². The molecule has 5 nitrogen and oxygen atoms in total. The summed E-state index contributed by atoms with van der Waals surface area (Å²) in [6, 6.07) is 3.75. The van der Waals surface area contributed by atoms with Gasteiger partial charge in [-0.2, -0.15) is 9.36 Å². The largest absolute Gasteiger partial charge is 0.428 e. The molecule has 0 radical (unpaired) electrons. The van der Waals surface area contributed by atoms with E-state index in [1.165, 1.54) is 11.5 Å². The molecule has 2 aromatic heterocycles. The fraction of sp³-hybridized carbons (Fsp3) is 0.364. The maximum absolute atomic E-state index is 5.54. The number of rotatable bonds is 5. The van der Waals surface area contributed by atoms with Gasteiger partial charge < -0.3 is 9.47 Å². The molecule has 2 aromatic rings. The zero-order valence-electron chi connectivity index (χ0n) is 9.71. The molecule has 0 atom stereocenters. The Morgan fingerprint density at radius 3 is 2.94 bits per heavy atom. The number of ether oxygens (including phenoxy) is 2. The Balaban J connectivity index is 1.98. The molecule has 0 saturated heterocycles. The molecule has 0 bridgehead atoms. The molecule has 6 heteroatoms. The molecular formula is C11H13N3O2S. The second-order valence-corrected chi connectivity index (χ2v) is 4.17. The number of hydrogen-bond donors (Lipinski definition) is 0. The maximum atomic E-state index is 5.54. The molecule has 0 aromatic carbocycles. The number of aromatic nitrogens is 3. The first-order chi connectivity index (χ1) is 8.28. The molecular weight excluding hydrogens is 238 g/mol. The maximum Gasteiger partial charge on any atom is 0.298 e. The molecule has 2 heterocycles. The predicted octanol–water partition coefficient (Wildman–Crippen LogP) is 2.22. The molecule has 0 unspecified atom stereocenters. The predicted molar refractivity (Wildman–Crippen MR) is 64.5 cm³/mol. The number of methoxy groups -OCH3 is 1. The van der Waals surface area contributed by atoms with Crippen molar-refractivity contribution in [2.45, 2.75) is 13.3 Å². The fourth-order valence-corrected chi connectivity index (χ4v) is 1.78. The van der Waals surface area contributed by atoms with Gasteiger partial charge in [0.15, 0.2) is 0 Å². The molecule has 0 aliphatic carbocycles. The molecule has 0 aliphatic heterocycles. The summed E-state index contributed by atoms with van der Waals surface area (Å²) in [7, 11) is 1.65. The summed E-state index contributed by atoms with van der Waals surface area (Å²) in [6.45, 7) is 2.54. The molecule has 17 heavy (non-hydrogen) atoms. The van der Waals surface area contributed by atoms with Crippen LogP contribution in [0, 0.1) is 6.92 Å². The Morgan fingerprint density at radius 2 is 2.24 bits per heavy atom. The average molecular weight is 251 g/mol. The molecule has 0 amide bonds. The van der Waals surface area contributed by atoms with E-state index in [1.807, 2.05) is 19.1 Å². The highest BCUT2D eigenvalue weighted by Gasteiger charge is 2.06. The number of hydrogen-bond acceptors (Lipinski definition) is 6. The lowest BCUT2D eigenvalue weighted by Gasteiger charge is -1.99. The van der Waals surface area contributed by atoms with Gasteiger partial charge in [-0.15, -0.1) is 0 Å². The molecule has 0 N–H and O–H groups in total. The van der Waals surface area contributed by atoms with Gasteiger partial charge in [-0.25, -0.2) is 0 Å². The summed E-state index contributed by atoms with van der Waals surface area (Å²) in [6.07, 6.45) is 2.37. The van der Waals surface area contributed by atoms with Gasteiger partial charge in [-0.1, -0.05) is 0 Å². The van der Waals surface area contributed by atoms with Gasteiger partial charge in [0.1, 0.15) is 11.6 Å². The Hall–Kier alpha value is -1.53. The summed E-state index contributed by atoms with van der Waals surface area (Å²) in [5.41, 5.74) is 0.954. The summed E-state index contributed by atoms with van der Waals surface area (Å²) in [5.74, 6) is 1.41. The number of nitrogens with zero attached hydrogens (tertiary/aromatic N) is 3. The topological polar surface area (TPSA) is 57.1 Å². The van der Waals surface area contributed by atoms with Crippen LogP contribution in [0.15, 0.2) is 18.3 Å². The van der Waals surface area contributed by atoms with Gasteiger partial charge in [0.05, 0.1) is 12.8 Å². The van der Waals surface area contributed by atoms with E-state index in [4.69, 9.17) is 9.47 Å². The Labute approximate surface area is 104 Å². The van der Waals surface area contributed by atoms with Crippen LogP contribution < -0.4 is 4.74 Å². The summed E-state index contributed by atoms with van der Waals surface area (Å²) in [4.78, 5) is 8.39. The van der Waals surface area contributed by atoms with Crippen LogP contribution in [0.5, 0.6) is 10.9 Å². The van der Waals surface area contributed by atoms with Gasteiger partial charge >= 0.3 is 0 Å². The molecule has 0 fully saturated rings. The lowest BCUT2D eigenvalue weighted by molar-refractivity contribution is 0.200. The first kappa shape index (κ1) is 11.9. The van der Waals surface area contributed by atoms with Gasteiger partial charge in [0, 0.05) is 30.8 Å². The average Bonchev–Trinajstić information content (AvgIpc) is 2.77. The quantitative estimate of drug-likeness (QED) is 0.815. The van der Waals surface area contributed by atoms with Crippen molar-refractivity contribution in [3.8, 4) is 10.9 Å². The number of pyridine rings is 1. The highest BCUT2D eigenvalue weighted by Crippen LogP contribution is 2.22. The molecule has 90 valence electrons. The summed E-state index contributed by atoms with van der Waals surface area (Å²) < 4.78 is 14.7. The lowest BCUT2D eigenvalue weighted by atomic mass is 10.4. The van der Waals surface area contributed by atoms with Crippen molar-refractivity contribution in [3.05, 3.63) is 29.8 Å². The highest BCUT2D eigenvalue weighted by atomic mass is 32.1. The first-order valence-electron chi connectivity index (χ1n) is 5.20. The van der Waals surface area contributed by atoms with Crippen molar-refractivity contribution in [2.75, 3.05) is 13.7 Å². The van der Waals surface area contributed by atoms with Crippen molar-refractivity contribution in [3.63, 3.8) is 0 Å². The Bertz CT molecular complexity index is 470. The zero-order chi connectivity index (χ0) is 12.1. The second-order valence-electron chi connectivity index (χ2n) is 3.46. The third kappa shape index (κ3) is 3.47. The minimum absolute atomic E-state index is 0.529. The summed E-state index contributed by atoms with van der Waals surface area (Å²) in [5, 5.41) is 0.529. The van der Waals surface area contributed by atoms with E-state index in [1.54, 1.807) is 13.3 Å². The minimum Gasteiger partial charge on any atom is -0.428 e. The van der Waals surface area contributed by atoms with Crippen LogP contribution in [0.25, 0.3) is 0 Å². The van der Waals surface area contributed by atoms with Crippen LogP contribution >= 0.6 is 11.5 Å². The minimum atomic E-state index is 0.529. The van der Waals surface area contributed by atoms with E-state index in [2.05, 4.69) is 14.3 Å². The Morgan fingerprint density at radius 1 is 1.35 bits per heavy atom. The van der Waals surface area contributed by atoms with E-state index < -0.39 is 0 Å². The van der Waals surface area contributed by atoms with Gasteiger partial charge in [0.2, 0.25) is 0 Å². The van der Waals surface area contributed by atoms with Crippen molar-refractivity contribution in [1.29, 1.82) is 0 Å². The second kappa shape index (κ2) is 5.70.